The molecule has 0 saturated heterocycles. The Morgan fingerprint density at radius 1 is 1.44 bits per heavy atom. The largest absolute Gasteiger partial charge is 0.384 e. The van der Waals surface area contributed by atoms with E-state index in [-0.39, 0.29) is 0 Å². The van der Waals surface area contributed by atoms with E-state index in [2.05, 4.69) is 22.2 Å². The van der Waals surface area contributed by atoms with Crippen LogP contribution in [0.4, 0.5) is 11.6 Å². The second kappa shape index (κ2) is 7.03. The number of likely N-dealkylation sites (N-methyl/N-ethyl adjacent to an activating group) is 1. The summed E-state index contributed by atoms with van der Waals surface area (Å²) in [6.07, 6.45) is 0. The fourth-order valence-corrected chi connectivity index (χ4v) is 1.28. The van der Waals surface area contributed by atoms with Gasteiger partial charge in [0.05, 0.1) is 6.61 Å². The molecule has 16 heavy (non-hydrogen) atoms. The van der Waals surface area contributed by atoms with Gasteiger partial charge in [0.2, 0.25) is 0 Å². The summed E-state index contributed by atoms with van der Waals surface area (Å²) in [5.41, 5.74) is 5.58. The van der Waals surface area contributed by atoms with E-state index in [4.69, 9.17) is 10.5 Å². The molecule has 0 saturated carbocycles. The second-order valence-electron chi connectivity index (χ2n) is 3.67. The monoisotopic (exact) mass is 224 g/mol. The average molecular weight is 224 g/mol. The highest BCUT2D eigenvalue weighted by atomic mass is 16.5. The Labute approximate surface area is 96.6 Å². The SMILES string of the molecule is COCCN(C)CCNc1cccc(N)n1. The van der Waals surface area contributed by atoms with Gasteiger partial charge in [0.15, 0.2) is 0 Å². The number of nitrogens with zero attached hydrogens (tertiary/aromatic N) is 2. The zero-order valence-electron chi connectivity index (χ0n) is 9.94. The fourth-order valence-electron chi connectivity index (χ4n) is 1.28. The van der Waals surface area contributed by atoms with E-state index in [1.807, 2.05) is 12.1 Å². The predicted molar refractivity (Wildman–Crippen MR) is 66.5 cm³/mol. The lowest BCUT2D eigenvalue weighted by atomic mass is 10.4. The lowest BCUT2D eigenvalue weighted by Crippen LogP contribution is -2.28. The molecule has 1 heterocycles. The minimum atomic E-state index is 0.540. The summed E-state index contributed by atoms with van der Waals surface area (Å²) in [5.74, 6) is 1.36. The molecule has 90 valence electrons. The van der Waals surface area contributed by atoms with Crippen molar-refractivity contribution < 1.29 is 4.74 Å². The number of nitrogens with one attached hydrogen (secondary N) is 1. The maximum atomic E-state index is 5.58. The van der Waals surface area contributed by atoms with Gasteiger partial charge in [0.25, 0.3) is 0 Å². The maximum absolute atomic E-state index is 5.58. The molecule has 1 rings (SSSR count). The number of nitrogens with two attached hydrogens (primary N) is 1. The van der Waals surface area contributed by atoms with E-state index in [0.29, 0.717) is 5.82 Å². The summed E-state index contributed by atoms with van der Waals surface area (Å²) in [7, 11) is 3.77. The van der Waals surface area contributed by atoms with Gasteiger partial charge < -0.3 is 20.7 Å². The van der Waals surface area contributed by atoms with Crippen LogP contribution in [-0.4, -0.2) is 50.3 Å². The van der Waals surface area contributed by atoms with Crippen LogP contribution in [0.3, 0.4) is 0 Å². The van der Waals surface area contributed by atoms with Crippen LogP contribution in [0.5, 0.6) is 0 Å². The quantitative estimate of drug-likeness (QED) is 0.712. The summed E-state index contributed by atoms with van der Waals surface area (Å²) < 4.78 is 5.00. The molecule has 5 nitrogen and oxygen atoms in total. The standard InChI is InChI=1S/C11H20N4O/c1-15(8-9-16-2)7-6-13-11-5-3-4-10(12)14-11/h3-5H,6-9H2,1-2H3,(H3,12,13,14). The minimum absolute atomic E-state index is 0.540. The average Bonchev–Trinajstić information content (AvgIpc) is 2.26. The van der Waals surface area contributed by atoms with Gasteiger partial charge >= 0.3 is 0 Å². The van der Waals surface area contributed by atoms with Crippen LogP contribution in [0.25, 0.3) is 0 Å². The third-order valence-electron chi connectivity index (χ3n) is 2.25. The summed E-state index contributed by atoms with van der Waals surface area (Å²) >= 11 is 0. The van der Waals surface area contributed by atoms with Crippen LogP contribution in [0.2, 0.25) is 0 Å². The minimum Gasteiger partial charge on any atom is -0.384 e. The van der Waals surface area contributed by atoms with E-state index < -0.39 is 0 Å². The summed E-state index contributed by atoms with van der Waals surface area (Å²) in [5, 5.41) is 3.22. The van der Waals surface area contributed by atoms with Gasteiger partial charge in [-0.1, -0.05) is 6.07 Å². The van der Waals surface area contributed by atoms with Crippen LogP contribution in [0.15, 0.2) is 18.2 Å². The van der Waals surface area contributed by atoms with Gasteiger partial charge in [-0.05, 0) is 19.2 Å². The maximum Gasteiger partial charge on any atom is 0.128 e. The molecule has 0 unspecified atom stereocenters. The Hall–Kier alpha value is -1.33. The number of rotatable bonds is 7. The normalized spacial score (nSPS) is 10.7. The number of hydrogen-bond donors (Lipinski definition) is 2. The highest BCUT2D eigenvalue weighted by Gasteiger charge is 1.98. The number of nitrogen functional groups attached to an aromatic ring is 1. The molecule has 0 radical (unpaired) electrons. The molecular weight excluding hydrogens is 204 g/mol. The first kappa shape index (κ1) is 12.7. The van der Waals surface area contributed by atoms with Gasteiger partial charge in [0, 0.05) is 26.7 Å². The van der Waals surface area contributed by atoms with Gasteiger partial charge in [0.1, 0.15) is 11.6 Å². The molecule has 3 N–H and O–H groups in total. The molecule has 0 amide bonds. The highest BCUT2D eigenvalue weighted by molar-refractivity contribution is 5.42. The lowest BCUT2D eigenvalue weighted by Gasteiger charge is -2.16. The Balaban J connectivity index is 2.20. The number of ether oxygens (including phenoxy) is 1. The highest BCUT2D eigenvalue weighted by Crippen LogP contribution is 2.04. The smallest absolute Gasteiger partial charge is 0.128 e. The van der Waals surface area contributed by atoms with Crippen molar-refractivity contribution in [1.29, 1.82) is 0 Å². The molecule has 0 spiro atoms. The first-order valence-corrected chi connectivity index (χ1v) is 5.36. The van der Waals surface area contributed by atoms with E-state index in [1.165, 1.54) is 0 Å². The van der Waals surface area contributed by atoms with Crippen molar-refractivity contribution in [1.82, 2.24) is 9.88 Å². The van der Waals surface area contributed by atoms with E-state index in [0.717, 1.165) is 32.1 Å². The third kappa shape index (κ3) is 4.95. The Morgan fingerprint density at radius 2 is 2.25 bits per heavy atom. The zero-order valence-corrected chi connectivity index (χ0v) is 9.94. The van der Waals surface area contributed by atoms with Crippen molar-refractivity contribution in [3.8, 4) is 0 Å². The van der Waals surface area contributed by atoms with Crippen molar-refractivity contribution in [3.05, 3.63) is 18.2 Å². The van der Waals surface area contributed by atoms with E-state index >= 15 is 0 Å². The van der Waals surface area contributed by atoms with Crippen molar-refractivity contribution in [2.24, 2.45) is 0 Å². The molecular formula is C11H20N4O. The Kier molecular flexibility index (Phi) is 5.60. The summed E-state index contributed by atoms with van der Waals surface area (Å²) in [6.45, 7) is 3.48. The Morgan fingerprint density at radius 3 is 2.94 bits per heavy atom. The molecule has 0 aromatic carbocycles. The summed E-state index contributed by atoms with van der Waals surface area (Å²) in [4.78, 5) is 6.35. The van der Waals surface area contributed by atoms with Crippen LogP contribution >= 0.6 is 0 Å². The van der Waals surface area contributed by atoms with Crippen LogP contribution in [0.1, 0.15) is 0 Å². The lowest BCUT2D eigenvalue weighted by molar-refractivity contribution is 0.163. The number of methoxy groups -OCH3 is 1. The second-order valence-corrected chi connectivity index (χ2v) is 3.67. The molecule has 1 aromatic rings. The first-order valence-electron chi connectivity index (χ1n) is 5.36. The predicted octanol–water partition coefficient (Wildman–Crippen LogP) is 0.654. The van der Waals surface area contributed by atoms with Crippen molar-refractivity contribution in [2.75, 3.05) is 51.4 Å². The number of anilines is 2. The van der Waals surface area contributed by atoms with E-state index in [1.54, 1.807) is 13.2 Å². The third-order valence-corrected chi connectivity index (χ3v) is 2.25. The molecule has 0 fully saturated rings. The van der Waals surface area contributed by atoms with Crippen LogP contribution in [0, 0.1) is 0 Å². The molecule has 0 aliphatic carbocycles. The molecule has 0 aliphatic heterocycles. The Bertz CT molecular complexity index is 306. The summed E-state index contributed by atoms with van der Waals surface area (Å²) in [6, 6.07) is 5.57. The number of aromatic nitrogens is 1. The van der Waals surface area contributed by atoms with Gasteiger partial charge in [-0.25, -0.2) is 4.98 Å². The van der Waals surface area contributed by atoms with Crippen LogP contribution < -0.4 is 11.1 Å². The zero-order chi connectivity index (χ0) is 11.8. The van der Waals surface area contributed by atoms with Gasteiger partial charge in [-0.2, -0.15) is 0 Å². The van der Waals surface area contributed by atoms with Crippen molar-refractivity contribution in [3.63, 3.8) is 0 Å². The fraction of sp³-hybridized carbons (Fsp3) is 0.545. The molecule has 5 heteroatoms. The van der Waals surface area contributed by atoms with Crippen LogP contribution in [-0.2, 0) is 4.74 Å². The topological polar surface area (TPSA) is 63.4 Å². The van der Waals surface area contributed by atoms with Crippen molar-refractivity contribution >= 4 is 11.6 Å². The van der Waals surface area contributed by atoms with Crippen molar-refractivity contribution in [2.45, 2.75) is 0 Å². The van der Waals surface area contributed by atoms with Gasteiger partial charge in [-0.3, -0.25) is 0 Å². The van der Waals surface area contributed by atoms with E-state index in [9.17, 15) is 0 Å². The number of hydrogen-bond acceptors (Lipinski definition) is 5. The molecule has 0 atom stereocenters. The van der Waals surface area contributed by atoms with Gasteiger partial charge in [-0.15, -0.1) is 0 Å². The molecule has 0 aliphatic rings. The molecule has 0 bridgehead atoms. The first-order chi connectivity index (χ1) is 7.72. The number of pyridine rings is 1. The molecule has 1 aromatic heterocycles.